The van der Waals surface area contributed by atoms with Crippen molar-refractivity contribution in [2.24, 2.45) is 11.8 Å². The van der Waals surface area contributed by atoms with E-state index in [9.17, 15) is 0 Å². The second-order valence-electron chi connectivity index (χ2n) is 4.87. The van der Waals surface area contributed by atoms with Gasteiger partial charge in [-0.2, -0.15) is 0 Å². The van der Waals surface area contributed by atoms with Crippen LogP contribution in [0.1, 0.15) is 42.0 Å². The Morgan fingerprint density at radius 1 is 1.00 bits per heavy atom. The number of hydrogen-bond donors (Lipinski definition) is 0. The van der Waals surface area contributed by atoms with Gasteiger partial charge in [0.1, 0.15) is 0 Å². The summed E-state index contributed by atoms with van der Waals surface area (Å²) < 4.78 is 4.94. The molecule has 0 aromatic heterocycles. The van der Waals surface area contributed by atoms with Gasteiger partial charge in [0.2, 0.25) is 0 Å². The molecule has 2 heteroatoms. The second kappa shape index (κ2) is 10.0. The van der Waals surface area contributed by atoms with Crippen LogP contribution in [0.3, 0.4) is 0 Å². The van der Waals surface area contributed by atoms with E-state index in [-0.39, 0.29) is 1.43 Å². The third kappa shape index (κ3) is 12.5. The van der Waals surface area contributed by atoms with Crippen LogP contribution in [0.2, 0.25) is 10.6 Å². The molecule has 0 bridgehead atoms. The molecule has 0 radical (unpaired) electrons. The zero-order chi connectivity index (χ0) is 10.8. The molecule has 84 valence electrons. The van der Waals surface area contributed by atoms with Gasteiger partial charge in [0.25, 0.3) is 0 Å². The molecule has 1 fully saturated rings. The van der Waals surface area contributed by atoms with Crippen LogP contribution in [0.4, 0.5) is 0 Å². The molecule has 1 aliphatic heterocycles. The predicted octanol–water partition coefficient (Wildman–Crippen LogP) is 3.75. The molecule has 0 spiro atoms. The minimum Gasteiger partial charge on any atom is -1.00 e. The van der Waals surface area contributed by atoms with Gasteiger partial charge in [-0.25, -0.2) is 0 Å². The monoisotopic (exact) mass is 214 g/mol. The van der Waals surface area contributed by atoms with Gasteiger partial charge in [-0.05, 0) is 12.8 Å². The van der Waals surface area contributed by atoms with Crippen LogP contribution in [-0.2, 0) is 4.74 Å². The van der Waals surface area contributed by atoms with Crippen molar-refractivity contribution in [3.05, 3.63) is 0 Å². The minimum atomic E-state index is 0. The summed E-state index contributed by atoms with van der Waals surface area (Å²) in [4.78, 5) is 0. The van der Waals surface area contributed by atoms with E-state index in [0.29, 0.717) is 0 Å². The predicted molar refractivity (Wildman–Crippen MR) is 66.2 cm³/mol. The van der Waals surface area contributed by atoms with Crippen LogP contribution in [0.25, 0.3) is 0 Å². The van der Waals surface area contributed by atoms with Gasteiger partial charge < -0.3 is 6.16 Å². The Labute approximate surface area is 97.8 Å². The minimum absolute atomic E-state index is 0. The summed E-state index contributed by atoms with van der Waals surface area (Å²) in [6.07, 6.45) is 2.56. The molecule has 0 atom stereocenters. The van der Waals surface area contributed by atoms with E-state index in [1.165, 1.54) is 23.4 Å². The molecule has 0 aromatic carbocycles. The molecule has 0 N–H and O–H groups in total. The molecule has 1 heterocycles. The van der Waals surface area contributed by atoms with Crippen molar-refractivity contribution in [3.63, 3.8) is 0 Å². The van der Waals surface area contributed by atoms with E-state index < -0.39 is 0 Å². The van der Waals surface area contributed by atoms with E-state index in [0.717, 1.165) is 40.3 Å². The first-order valence-corrected chi connectivity index (χ1v) is 7.65. The molecule has 1 aliphatic rings. The Balaban J connectivity index is 0. The third-order valence-corrected chi connectivity index (χ3v) is 4.66. The fourth-order valence-electron chi connectivity index (χ4n) is 1.27. The summed E-state index contributed by atoms with van der Waals surface area (Å²) in [6, 6.07) is 0. The summed E-state index contributed by atoms with van der Waals surface area (Å²) in [5.74, 6) is 1.86. The zero-order valence-electron chi connectivity index (χ0n) is 11.4. The van der Waals surface area contributed by atoms with Crippen molar-refractivity contribution in [3.8, 4) is 0 Å². The molecular formula is C12H27AlO. The number of hydrogen-bond acceptors (Lipinski definition) is 1. The van der Waals surface area contributed by atoms with Crippen LogP contribution in [-0.4, -0.2) is 28.4 Å². The van der Waals surface area contributed by atoms with Crippen molar-refractivity contribution in [2.45, 2.75) is 51.1 Å². The summed E-state index contributed by atoms with van der Waals surface area (Å²) in [6.45, 7) is 11.3. The van der Waals surface area contributed by atoms with Gasteiger partial charge in [-0.3, -0.25) is 0 Å². The number of rotatable bonds is 4. The van der Waals surface area contributed by atoms with Crippen molar-refractivity contribution >= 4 is 15.2 Å². The first-order valence-electron chi connectivity index (χ1n) is 6.02. The van der Waals surface area contributed by atoms with E-state index in [4.69, 9.17) is 4.74 Å². The summed E-state index contributed by atoms with van der Waals surface area (Å²) in [7, 11) is 0. The Morgan fingerprint density at radius 3 is 1.64 bits per heavy atom. The SMILES string of the molecule is C1CCOC1.CC(C)[CH2][Al+][CH2]C(C)C.[H-]. The van der Waals surface area contributed by atoms with Crippen LogP contribution < -0.4 is 0 Å². The molecule has 0 amide bonds. The van der Waals surface area contributed by atoms with Crippen LogP contribution in [0.15, 0.2) is 0 Å². The third-order valence-electron chi connectivity index (χ3n) is 2.10. The molecule has 1 nitrogen and oxygen atoms in total. The molecule has 1 saturated heterocycles. The van der Waals surface area contributed by atoms with Crippen LogP contribution in [0, 0.1) is 11.8 Å². The van der Waals surface area contributed by atoms with Crippen molar-refractivity contribution in [2.75, 3.05) is 13.2 Å². The van der Waals surface area contributed by atoms with Crippen LogP contribution >= 0.6 is 0 Å². The smallest absolute Gasteiger partial charge is 1.00 e. The molecule has 0 aromatic rings. The summed E-state index contributed by atoms with van der Waals surface area (Å²) in [5.41, 5.74) is 0. The average Bonchev–Trinajstić information content (AvgIpc) is 2.58. The van der Waals surface area contributed by atoms with E-state index >= 15 is 0 Å². The normalized spacial score (nSPS) is 15.3. The van der Waals surface area contributed by atoms with Crippen LogP contribution in [0.5, 0.6) is 0 Å². The standard InChI is InChI=1S/C4H8O.2C4H9.Al.H/c1-2-4-5-3-1;2*1-4(2)3;;/h1-4H2;2*4H,1H2,2-3H3;;/q;;;+1;-1. The molecular weight excluding hydrogens is 187 g/mol. The Kier molecular flexibility index (Phi) is 10.4. The Hall–Kier alpha value is 0.492. The zero-order valence-corrected chi connectivity index (χ0v) is 11.5. The summed E-state index contributed by atoms with van der Waals surface area (Å²) in [5, 5.41) is 2.97. The first-order chi connectivity index (χ1) is 6.63. The maximum atomic E-state index is 4.94. The fourth-order valence-corrected chi connectivity index (χ4v) is 2.80. The Morgan fingerprint density at radius 2 is 1.43 bits per heavy atom. The molecule has 0 saturated carbocycles. The van der Waals surface area contributed by atoms with Crippen molar-refractivity contribution in [1.82, 2.24) is 0 Å². The van der Waals surface area contributed by atoms with Crippen molar-refractivity contribution in [1.29, 1.82) is 0 Å². The maximum absolute atomic E-state index is 4.94. The summed E-state index contributed by atoms with van der Waals surface area (Å²) >= 11 is 0.755. The Bertz CT molecular complexity index is 98.6. The first kappa shape index (κ1) is 14.5. The molecule has 14 heavy (non-hydrogen) atoms. The largest absolute Gasteiger partial charge is 1.00 e. The maximum Gasteiger partial charge on any atom is -1.00 e. The topological polar surface area (TPSA) is 9.23 Å². The van der Waals surface area contributed by atoms with Gasteiger partial charge in [-0.15, -0.1) is 0 Å². The quantitative estimate of drug-likeness (QED) is 0.648. The fraction of sp³-hybridized carbons (Fsp3) is 1.00. The van der Waals surface area contributed by atoms with Gasteiger partial charge in [-0.1, -0.05) is 0 Å². The number of ether oxygens (including phenoxy) is 1. The second-order valence-corrected chi connectivity index (χ2v) is 6.39. The van der Waals surface area contributed by atoms with E-state index in [1.54, 1.807) is 0 Å². The average molecular weight is 214 g/mol. The van der Waals surface area contributed by atoms with E-state index in [1.807, 2.05) is 0 Å². The van der Waals surface area contributed by atoms with Gasteiger partial charge in [0.05, 0.1) is 0 Å². The van der Waals surface area contributed by atoms with Gasteiger partial charge in [0.15, 0.2) is 0 Å². The van der Waals surface area contributed by atoms with Gasteiger partial charge >= 0.3 is 65.3 Å². The van der Waals surface area contributed by atoms with E-state index in [2.05, 4.69) is 27.7 Å². The molecule has 0 unspecified atom stereocenters. The molecule has 1 rings (SSSR count). The van der Waals surface area contributed by atoms with Gasteiger partial charge in [0, 0.05) is 13.2 Å². The van der Waals surface area contributed by atoms with Crippen molar-refractivity contribution < 1.29 is 6.16 Å². The molecule has 0 aliphatic carbocycles.